The minimum atomic E-state index is -0.624. The van der Waals surface area contributed by atoms with Crippen LogP contribution in [0.3, 0.4) is 0 Å². The maximum absolute atomic E-state index is 12.7. The van der Waals surface area contributed by atoms with Crippen LogP contribution in [0.5, 0.6) is 0 Å². The average Bonchev–Trinajstić information content (AvgIpc) is 2.49. The number of amides is 2. The Balaban J connectivity index is 3.20. The van der Waals surface area contributed by atoms with Crippen LogP contribution in [0.1, 0.15) is 57.8 Å². The molecule has 134 valence electrons. The van der Waals surface area contributed by atoms with Gasteiger partial charge in [0.25, 0.3) is 11.5 Å². The maximum Gasteiger partial charge on any atom is 0.274 e. The zero-order valence-electron chi connectivity index (χ0n) is 15.6. The predicted molar refractivity (Wildman–Crippen MR) is 96.3 cm³/mol. The third-order valence-electron chi connectivity index (χ3n) is 3.63. The summed E-state index contributed by atoms with van der Waals surface area (Å²) in [5.74, 6) is -0.385. The van der Waals surface area contributed by atoms with Gasteiger partial charge in [0, 0.05) is 31.7 Å². The zero-order chi connectivity index (χ0) is 18.5. The van der Waals surface area contributed by atoms with Crippen molar-refractivity contribution in [2.45, 2.75) is 47.5 Å². The molecule has 0 aliphatic carbocycles. The van der Waals surface area contributed by atoms with Gasteiger partial charge < -0.3 is 14.8 Å². The summed E-state index contributed by atoms with van der Waals surface area (Å²) >= 11 is 0. The maximum atomic E-state index is 12.7. The van der Waals surface area contributed by atoms with Crippen molar-refractivity contribution in [3.63, 3.8) is 0 Å². The first-order valence-corrected chi connectivity index (χ1v) is 8.43. The molecule has 0 aliphatic heterocycles. The van der Waals surface area contributed by atoms with E-state index in [9.17, 15) is 14.4 Å². The van der Waals surface area contributed by atoms with Crippen molar-refractivity contribution >= 4 is 17.5 Å². The Hall–Kier alpha value is -2.11. The normalized spacial score (nSPS) is 11.2. The van der Waals surface area contributed by atoms with E-state index in [1.54, 1.807) is 32.7 Å². The highest BCUT2D eigenvalue weighted by molar-refractivity contribution is 5.98. The van der Waals surface area contributed by atoms with Crippen LogP contribution >= 0.6 is 0 Å². The SMILES string of the molecule is CCCN(CCC)C(=O)c1cc(NC(=O)C(C)(C)C)c(=O)n(C)c1. The van der Waals surface area contributed by atoms with Gasteiger partial charge in [-0.3, -0.25) is 14.4 Å². The highest BCUT2D eigenvalue weighted by Gasteiger charge is 2.23. The molecule has 6 nitrogen and oxygen atoms in total. The van der Waals surface area contributed by atoms with E-state index in [1.807, 2.05) is 13.8 Å². The van der Waals surface area contributed by atoms with Crippen molar-refractivity contribution in [1.82, 2.24) is 9.47 Å². The van der Waals surface area contributed by atoms with E-state index < -0.39 is 5.41 Å². The van der Waals surface area contributed by atoms with Crippen LogP contribution in [0, 0.1) is 5.41 Å². The van der Waals surface area contributed by atoms with E-state index in [4.69, 9.17) is 0 Å². The molecule has 6 heteroatoms. The van der Waals surface area contributed by atoms with Crippen molar-refractivity contribution in [3.05, 3.63) is 28.2 Å². The van der Waals surface area contributed by atoms with E-state index in [-0.39, 0.29) is 23.1 Å². The van der Waals surface area contributed by atoms with Gasteiger partial charge in [-0.1, -0.05) is 34.6 Å². The monoisotopic (exact) mass is 335 g/mol. The van der Waals surface area contributed by atoms with Crippen LogP contribution in [0.2, 0.25) is 0 Å². The number of hydrogen-bond donors (Lipinski definition) is 1. The van der Waals surface area contributed by atoms with E-state index in [0.717, 1.165) is 12.8 Å². The summed E-state index contributed by atoms with van der Waals surface area (Å²) in [6.45, 7) is 10.7. The number of aromatic nitrogens is 1. The Bertz CT molecular complexity index is 650. The number of pyridine rings is 1. The predicted octanol–water partition coefficient (Wildman–Crippen LogP) is 2.63. The molecule has 1 aromatic heterocycles. The molecule has 1 aromatic rings. The molecular formula is C18H29N3O3. The third kappa shape index (κ3) is 4.94. The fourth-order valence-electron chi connectivity index (χ4n) is 2.27. The summed E-state index contributed by atoms with van der Waals surface area (Å²) in [6, 6.07) is 1.48. The third-order valence-corrected chi connectivity index (χ3v) is 3.63. The lowest BCUT2D eigenvalue weighted by molar-refractivity contribution is -0.123. The standard InChI is InChI=1S/C18H29N3O3/c1-7-9-21(10-8-2)15(22)13-11-14(16(23)20(6)12-13)19-17(24)18(3,4)5/h11-12H,7-10H2,1-6H3,(H,19,24). The van der Waals surface area contributed by atoms with Crippen molar-refractivity contribution in [2.75, 3.05) is 18.4 Å². The van der Waals surface area contributed by atoms with Crippen LogP contribution in [0.15, 0.2) is 17.1 Å². The van der Waals surface area contributed by atoms with E-state index in [2.05, 4.69) is 5.32 Å². The van der Waals surface area contributed by atoms with Crippen LogP contribution < -0.4 is 10.9 Å². The van der Waals surface area contributed by atoms with E-state index in [0.29, 0.717) is 18.7 Å². The lowest BCUT2D eigenvalue weighted by atomic mass is 9.95. The summed E-state index contributed by atoms with van der Waals surface area (Å²) in [6.07, 6.45) is 3.26. The number of carbonyl (C=O) groups excluding carboxylic acids is 2. The van der Waals surface area contributed by atoms with Crippen molar-refractivity contribution in [1.29, 1.82) is 0 Å². The summed E-state index contributed by atoms with van der Waals surface area (Å²) < 4.78 is 1.33. The molecule has 0 bridgehead atoms. The molecule has 0 aromatic carbocycles. The smallest absolute Gasteiger partial charge is 0.274 e. The van der Waals surface area contributed by atoms with Crippen LogP contribution in [-0.2, 0) is 11.8 Å². The molecule has 0 aliphatic rings. The number of aryl methyl sites for hydroxylation is 1. The minimum Gasteiger partial charge on any atom is -0.339 e. The van der Waals surface area contributed by atoms with Crippen LogP contribution in [-0.4, -0.2) is 34.4 Å². The summed E-state index contributed by atoms with van der Waals surface area (Å²) in [7, 11) is 1.58. The van der Waals surface area contributed by atoms with Gasteiger partial charge in [0.15, 0.2) is 0 Å². The summed E-state index contributed by atoms with van der Waals surface area (Å²) in [5.41, 5.74) is -0.414. The molecule has 0 unspecified atom stereocenters. The molecule has 24 heavy (non-hydrogen) atoms. The van der Waals surface area contributed by atoms with Crippen LogP contribution in [0.4, 0.5) is 5.69 Å². The Labute approximate surface area is 143 Å². The largest absolute Gasteiger partial charge is 0.339 e. The molecule has 1 rings (SSSR count). The van der Waals surface area contributed by atoms with Crippen molar-refractivity contribution in [3.8, 4) is 0 Å². The molecule has 1 N–H and O–H groups in total. The highest BCUT2D eigenvalue weighted by Crippen LogP contribution is 2.17. The molecule has 0 atom stereocenters. The fraction of sp³-hybridized carbons (Fsp3) is 0.611. The van der Waals surface area contributed by atoms with Gasteiger partial charge in [0.05, 0.1) is 5.56 Å². The Kier molecular flexibility index (Phi) is 6.75. The van der Waals surface area contributed by atoms with Gasteiger partial charge in [0.2, 0.25) is 5.91 Å². The van der Waals surface area contributed by atoms with Gasteiger partial charge in [-0.25, -0.2) is 0 Å². The molecule has 0 saturated carbocycles. The molecule has 0 saturated heterocycles. The van der Waals surface area contributed by atoms with Crippen molar-refractivity contribution < 1.29 is 9.59 Å². The lowest BCUT2D eigenvalue weighted by Gasteiger charge is -2.22. The van der Waals surface area contributed by atoms with Gasteiger partial charge in [0.1, 0.15) is 5.69 Å². The van der Waals surface area contributed by atoms with Gasteiger partial charge >= 0.3 is 0 Å². The second-order valence-electron chi connectivity index (χ2n) is 7.05. The Morgan fingerprint density at radius 3 is 2.17 bits per heavy atom. The summed E-state index contributed by atoms with van der Waals surface area (Å²) in [4.78, 5) is 38.9. The number of hydrogen-bond acceptors (Lipinski definition) is 3. The van der Waals surface area contributed by atoms with Gasteiger partial charge in [-0.15, -0.1) is 0 Å². The number of anilines is 1. The molecular weight excluding hydrogens is 306 g/mol. The molecule has 0 spiro atoms. The number of nitrogens with one attached hydrogen (secondary N) is 1. The summed E-state index contributed by atoms with van der Waals surface area (Å²) in [5, 5.41) is 2.65. The van der Waals surface area contributed by atoms with E-state index >= 15 is 0 Å². The first-order valence-electron chi connectivity index (χ1n) is 8.43. The number of carbonyl (C=O) groups is 2. The average molecular weight is 335 g/mol. The number of rotatable bonds is 6. The first-order chi connectivity index (χ1) is 11.1. The molecule has 2 amide bonds. The molecule has 1 heterocycles. The first kappa shape index (κ1) is 19.9. The van der Waals surface area contributed by atoms with Gasteiger partial charge in [-0.2, -0.15) is 0 Å². The highest BCUT2D eigenvalue weighted by atomic mass is 16.2. The topological polar surface area (TPSA) is 71.4 Å². The molecule has 0 fully saturated rings. The quantitative estimate of drug-likeness (QED) is 0.868. The number of nitrogens with zero attached hydrogens (tertiary/aromatic N) is 2. The zero-order valence-corrected chi connectivity index (χ0v) is 15.6. The second kappa shape index (κ2) is 8.13. The second-order valence-corrected chi connectivity index (χ2v) is 7.05. The van der Waals surface area contributed by atoms with Crippen molar-refractivity contribution in [2.24, 2.45) is 12.5 Å². The lowest BCUT2D eigenvalue weighted by Crippen LogP contribution is -2.35. The Morgan fingerprint density at radius 1 is 1.17 bits per heavy atom. The minimum absolute atomic E-state index is 0.124. The Morgan fingerprint density at radius 2 is 1.71 bits per heavy atom. The van der Waals surface area contributed by atoms with Crippen LogP contribution in [0.25, 0.3) is 0 Å². The van der Waals surface area contributed by atoms with E-state index in [1.165, 1.54) is 16.8 Å². The fourth-order valence-corrected chi connectivity index (χ4v) is 2.27. The molecule has 0 radical (unpaired) electrons. The van der Waals surface area contributed by atoms with Gasteiger partial charge in [-0.05, 0) is 18.9 Å².